The van der Waals surface area contributed by atoms with Gasteiger partial charge in [0.25, 0.3) is 0 Å². The molecule has 104 valence electrons. The lowest BCUT2D eigenvalue weighted by molar-refractivity contribution is -0.121. The number of rotatable bonds is 3. The molecule has 0 radical (unpaired) electrons. The fraction of sp³-hybridized carbons (Fsp3) is 0.273. The lowest BCUT2D eigenvalue weighted by atomic mass is 9.91. The summed E-state index contributed by atoms with van der Waals surface area (Å²) in [6.07, 6.45) is 0. The van der Waals surface area contributed by atoms with Crippen molar-refractivity contribution in [2.24, 2.45) is 16.3 Å². The zero-order chi connectivity index (χ0) is 14.8. The summed E-state index contributed by atoms with van der Waals surface area (Å²) >= 11 is 11.6. The second-order valence-corrected chi connectivity index (χ2v) is 5.12. The van der Waals surface area contributed by atoms with Gasteiger partial charge in [0.15, 0.2) is 5.84 Å². The van der Waals surface area contributed by atoms with Crippen LogP contribution in [0.4, 0.5) is 10.1 Å². The first-order valence-corrected chi connectivity index (χ1v) is 5.89. The summed E-state index contributed by atoms with van der Waals surface area (Å²) in [5.41, 5.74) is 4.20. The molecule has 0 atom stereocenters. The Morgan fingerprint density at radius 1 is 1.42 bits per heavy atom. The number of nitrogens with one attached hydrogen (secondary N) is 1. The number of carbonyl (C=O) groups excluding carboxylic acids is 1. The molecule has 0 spiro atoms. The number of hydrogen-bond acceptors (Lipinski definition) is 3. The highest BCUT2D eigenvalue weighted by Gasteiger charge is 2.33. The van der Waals surface area contributed by atoms with Gasteiger partial charge in [-0.1, -0.05) is 28.4 Å². The lowest BCUT2D eigenvalue weighted by Gasteiger charge is -2.22. The molecular formula is C11H12Cl2FN3O2. The minimum Gasteiger partial charge on any atom is -0.409 e. The molecular weight excluding hydrogens is 296 g/mol. The third kappa shape index (κ3) is 3.27. The van der Waals surface area contributed by atoms with Crippen LogP contribution in [-0.2, 0) is 4.79 Å². The Hall–Kier alpha value is -1.53. The molecule has 1 rings (SSSR count). The first-order valence-electron chi connectivity index (χ1n) is 5.14. The van der Waals surface area contributed by atoms with E-state index in [1.54, 1.807) is 0 Å². The second kappa shape index (κ2) is 5.63. The molecule has 0 fully saturated rings. The summed E-state index contributed by atoms with van der Waals surface area (Å²) in [5, 5.41) is 13.7. The maximum Gasteiger partial charge on any atom is 0.237 e. The molecule has 0 unspecified atom stereocenters. The summed E-state index contributed by atoms with van der Waals surface area (Å²) in [7, 11) is 0. The van der Waals surface area contributed by atoms with Crippen molar-refractivity contribution in [3.8, 4) is 0 Å². The average molecular weight is 308 g/mol. The van der Waals surface area contributed by atoms with E-state index in [9.17, 15) is 9.18 Å². The van der Waals surface area contributed by atoms with Gasteiger partial charge in [0.1, 0.15) is 11.2 Å². The number of carbonyl (C=O) groups is 1. The minimum atomic E-state index is -1.28. The van der Waals surface area contributed by atoms with Gasteiger partial charge in [0.05, 0.1) is 15.7 Å². The van der Waals surface area contributed by atoms with Gasteiger partial charge in [0.2, 0.25) is 5.91 Å². The van der Waals surface area contributed by atoms with Crippen LogP contribution in [0, 0.1) is 11.2 Å². The first-order chi connectivity index (χ1) is 8.70. The van der Waals surface area contributed by atoms with Gasteiger partial charge in [0, 0.05) is 0 Å². The number of nitrogens with two attached hydrogens (primary N) is 1. The van der Waals surface area contributed by atoms with Crippen LogP contribution in [-0.4, -0.2) is 17.0 Å². The van der Waals surface area contributed by atoms with Crippen molar-refractivity contribution in [1.29, 1.82) is 0 Å². The topological polar surface area (TPSA) is 87.7 Å². The van der Waals surface area contributed by atoms with E-state index < -0.39 is 17.1 Å². The Kier molecular flexibility index (Phi) is 4.60. The van der Waals surface area contributed by atoms with Crippen molar-refractivity contribution in [2.75, 3.05) is 5.32 Å². The van der Waals surface area contributed by atoms with E-state index in [1.165, 1.54) is 13.8 Å². The van der Waals surface area contributed by atoms with Crippen LogP contribution in [0.2, 0.25) is 10.0 Å². The predicted octanol–water partition coefficient (Wildman–Crippen LogP) is 2.84. The number of halogens is 3. The van der Waals surface area contributed by atoms with Gasteiger partial charge in [-0.05, 0) is 26.0 Å². The Bertz CT molecular complexity index is 524. The van der Waals surface area contributed by atoms with Crippen LogP contribution in [0.3, 0.4) is 0 Å². The fourth-order valence-electron chi connectivity index (χ4n) is 1.17. The van der Waals surface area contributed by atoms with E-state index in [2.05, 4.69) is 10.5 Å². The van der Waals surface area contributed by atoms with Crippen LogP contribution >= 0.6 is 23.2 Å². The van der Waals surface area contributed by atoms with Gasteiger partial charge in [-0.25, -0.2) is 4.39 Å². The van der Waals surface area contributed by atoms with Crippen LogP contribution < -0.4 is 11.1 Å². The number of benzene rings is 1. The number of amides is 1. The largest absolute Gasteiger partial charge is 0.409 e. The Morgan fingerprint density at radius 2 is 1.89 bits per heavy atom. The van der Waals surface area contributed by atoms with Crippen molar-refractivity contribution < 1.29 is 14.4 Å². The maximum atomic E-state index is 13.0. The van der Waals surface area contributed by atoms with Crippen molar-refractivity contribution >= 4 is 40.6 Å². The van der Waals surface area contributed by atoms with Crippen LogP contribution in [0.5, 0.6) is 0 Å². The normalized spacial score (nSPS) is 12.4. The third-order valence-electron chi connectivity index (χ3n) is 2.56. The molecule has 0 saturated carbocycles. The molecule has 0 aliphatic heterocycles. The zero-order valence-electron chi connectivity index (χ0n) is 10.2. The lowest BCUT2D eigenvalue weighted by Crippen LogP contribution is -2.42. The molecule has 0 aromatic heterocycles. The molecule has 0 bridgehead atoms. The highest BCUT2D eigenvalue weighted by atomic mass is 35.5. The summed E-state index contributed by atoms with van der Waals surface area (Å²) in [6.45, 7) is 2.89. The van der Waals surface area contributed by atoms with Gasteiger partial charge in [-0.3, -0.25) is 4.79 Å². The van der Waals surface area contributed by atoms with E-state index in [-0.39, 0.29) is 21.6 Å². The number of nitrogens with zero attached hydrogens (tertiary/aromatic N) is 1. The van der Waals surface area contributed by atoms with Crippen molar-refractivity contribution in [3.63, 3.8) is 0 Å². The van der Waals surface area contributed by atoms with E-state index >= 15 is 0 Å². The second-order valence-electron chi connectivity index (χ2n) is 4.31. The summed E-state index contributed by atoms with van der Waals surface area (Å²) < 4.78 is 13.0. The number of anilines is 1. The van der Waals surface area contributed by atoms with Gasteiger partial charge in [-0.2, -0.15) is 0 Å². The molecule has 0 aliphatic carbocycles. The van der Waals surface area contributed by atoms with Gasteiger partial charge >= 0.3 is 0 Å². The van der Waals surface area contributed by atoms with Crippen LogP contribution in [0.1, 0.15) is 13.8 Å². The van der Waals surface area contributed by atoms with E-state index in [4.69, 9.17) is 34.1 Å². The number of oxime groups is 1. The van der Waals surface area contributed by atoms with Crippen molar-refractivity contribution in [3.05, 3.63) is 28.0 Å². The molecule has 0 saturated heterocycles. The molecule has 19 heavy (non-hydrogen) atoms. The summed E-state index contributed by atoms with van der Waals surface area (Å²) in [6, 6.07) is 2.03. The summed E-state index contributed by atoms with van der Waals surface area (Å²) in [4.78, 5) is 12.0. The highest BCUT2D eigenvalue weighted by Crippen LogP contribution is 2.32. The van der Waals surface area contributed by atoms with E-state index in [1.807, 2.05) is 0 Å². The summed E-state index contributed by atoms with van der Waals surface area (Å²) in [5.74, 6) is -1.50. The van der Waals surface area contributed by atoms with E-state index in [0.29, 0.717) is 0 Å². The van der Waals surface area contributed by atoms with Crippen LogP contribution in [0.25, 0.3) is 0 Å². The molecule has 1 aromatic carbocycles. The molecule has 0 heterocycles. The maximum absolute atomic E-state index is 13.0. The SMILES string of the molecule is CC(C)(C(=O)Nc1c(Cl)cc(F)cc1Cl)C(N)=NO. The molecule has 5 nitrogen and oxygen atoms in total. The quantitative estimate of drug-likeness (QED) is 0.347. The highest BCUT2D eigenvalue weighted by molar-refractivity contribution is 6.40. The zero-order valence-corrected chi connectivity index (χ0v) is 11.7. The Morgan fingerprint density at radius 3 is 2.32 bits per heavy atom. The average Bonchev–Trinajstić information content (AvgIpc) is 2.31. The number of amidine groups is 1. The van der Waals surface area contributed by atoms with Crippen LogP contribution in [0.15, 0.2) is 17.3 Å². The standard InChI is InChI=1S/C11H12Cl2FN3O2/c1-11(2,9(15)17-19)10(18)16-8-6(12)3-5(14)4-7(8)13/h3-4,19H,1-2H3,(H2,15,17)(H,16,18). The van der Waals surface area contributed by atoms with E-state index in [0.717, 1.165) is 12.1 Å². The molecule has 8 heteroatoms. The predicted molar refractivity (Wildman–Crippen MR) is 72.2 cm³/mol. The Balaban J connectivity index is 3.08. The first kappa shape index (κ1) is 15.5. The molecule has 4 N–H and O–H groups in total. The molecule has 1 amide bonds. The monoisotopic (exact) mass is 307 g/mol. The molecule has 1 aromatic rings. The fourth-order valence-corrected chi connectivity index (χ4v) is 1.73. The van der Waals surface area contributed by atoms with Crippen molar-refractivity contribution in [2.45, 2.75) is 13.8 Å². The number of hydrogen-bond donors (Lipinski definition) is 3. The molecule has 0 aliphatic rings. The smallest absolute Gasteiger partial charge is 0.237 e. The van der Waals surface area contributed by atoms with Gasteiger partial charge in [-0.15, -0.1) is 0 Å². The van der Waals surface area contributed by atoms with Crippen molar-refractivity contribution in [1.82, 2.24) is 0 Å². The Labute approximate surface area is 119 Å². The van der Waals surface area contributed by atoms with Gasteiger partial charge < -0.3 is 16.3 Å². The third-order valence-corrected chi connectivity index (χ3v) is 3.16. The minimum absolute atomic E-state index is 0.0475.